The van der Waals surface area contributed by atoms with Crippen LogP contribution in [0.25, 0.3) is 0 Å². The molecule has 112 valence electrons. The molecule has 1 rings (SSSR count). The van der Waals surface area contributed by atoms with Gasteiger partial charge in [0.25, 0.3) is 0 Å². The van der Waals surface area contributed by atoms with Crippen molar-refractivity contribution in [3.8, 4) is 0 Å². The molecule has 1 aromatic carbocycles. The summed E-state index contributed by atoms with van der Waals surface area (Å²) >= 11 is 0. The van der Waals surface area contributed by atoms with Gasteiger partial charge in [0.05, 0.1) is 0 Å². The number of halogens is 5. The second kappa shape index (κ2) is 5.76. The van der Waals surface area contributed by atoms with E-state index >= 15 is 0 Å². The number of hydrogen-bond donors (Lipinski definition) is 1. The van der Waals surface area contributed by atoms with Crippen molar-refractivity contribution in [1.82, 2.24) is 5.32 Å². The predicted molar refractivity (Wildman–Crippen MR) is 63.4 cm³/mol. The van der Waals surface area contributed by atoms with Gasteiger partial charge in [0, 0.05) is 6.54 Å². The summed E-state index contributed by atoms with van der Waals surface area (Å²) in [5.41, 5.74) is 1.45. The van der Waals surface area contributed by atoms with E-state index < -0.39 is 18.0 Å². The molecule has 0 bridgehead atoms. The SMILES string of the molecule is CC(C)c1ccc(CNC(=O)C(F)(F)C(F)(F)F)cc1. The van der Waals surface area contributed by atoms with Crippen LogP contribution in [-0.4, -0.2) is 18.0 Å². The molecule has 0 unspecified atom stereocenters. The second-order valence-corrected chi connectivity index (χ2v) is 4.65. The number of carbonyl (C=O) groups excluding carboxylic acids is 1. The maximum atomic E-state index is 12.7. The van der Waals surface area contributed by atoms with Crippen LogP contribution < -0.4 is 5.32 Å². The average molecular weight is 295 g/mol. The highest BCUT2D eigenvalue weighted by molar-refractivity contribution is 5.84. The number of alkyl halides is 5. The fraction of sp³-hybridized carbons (Fsp3) is 0.462. The standard InChI is InChI=1S/C13H14F5NO/c1-8(2)10-5-3-9(4-6-10)7-19-11(20)12(14,15)13(16,17)18/h3-6,8H,7H2,1-2H3,(H,19,20). The van der Waals surface area contributed by atoms with Crippen LogP contribution in [0.2, 0.25) is 0 Å². The quantitative estimate of drug-likeness (QED) is 0.844. The largest absolute Gasteiger partial charge is 0.463 e. The Morgan fingerprint density at radius 3 is 2.00 bits per heavy atom. The molecule has 0 saturated heterocycles. The maximum Gasteiger partial charge on any atom is 0.463 e. The van der Waals surface area contributed by atoms with Crippen LogP contribution in [0.15, 0.2) is 24.3 Å². The van der Waals surface area contributed by atoms with E-state index in [-0.39, 0.29) is 12.5 Å². The highest BCUT2D eigenvalue weighted by Crippen LogP contribution is 2.35. The average Bonchev–Trinajstić information content (AvgIpc) is 2.34. The molecule has 0 aliphatic carbocycles. The Morgan fingerprint density at radius 2 is 1.60 bits per heavy atom. The minimum Gasteiger partial charge on any atom is -0.346 e. The van der Waals surface area contributed by atoms with Crippen LogP contribution in [0.5, 0.6) is 0 Å². The van der Waals surface area contributed by atoms with Crippen LogP contribution >= 0.6 is 0 Å². The molecular formula is C13H14F5NO. The molecule has 0 aliphatic rings. The van der Waals surface area contributed by atoms with E-state index in [0.29, 0.717) is 5.56 Å². The zero-order valence-electron chi connectivity index (χ0n) is 10.9. The third kappa shape index (κ3) is 3.68. The number of rotatable bonds is 4. The Labute approximate surface area is 113 Å². The van der Waals surface area contributed by atoms with Gasteiger partial charge in [-0.15, -0.1) is 0 Å². The summed E-state index contributed by atoms with van der Waals surface area (Å²) in [6, 6.07) is 6.60. The van der Waals surface area contributed by atoms with E-state index in [4.69, 9.17) is 0 Å². The summed E-state index contributed by atoms with van der Waals surface area (Å²) in [5, 5.41) is 1.59. The topological polar surface area (TPSA) is 29.1 Å². The lowest BCUT2D eigenvalue weighted by atomic mass is 10.0. The summed E-state index contributed by atoms with van der Waals surface area (Å²) in [6.45, 7) is 3.53. The zero-order chi connectivity index (χ0) is 15.6. The van der Waals surface area contributed by atoms with E-state index in [0.717, 1.165) is 5.56 Å². The molecular weight excluding hydrogens is 281 g/mol. The Morgan fingerprint density at radius 1 is 1.10 bits per heavy atom. The van der Waals surface area contributed by atoms with Gasteiger partial charge in [-0.25, -0.2) is 0 Å². The third-order valence-corrected chi connectivity index (χ3v) is 2.74. The molecule has 0 aromatic heterocycles. The van der Waals surface area contributed by atoms with Gasteiger partial charge in [-0.3, -0.25) is 4.79 Å². The van der Waals surface area contributed by atoms with E-state index in [1.54, 1.807) is 29.6 Å². The van der Waals surface area contributed by atoms with Gasteiger partial charge in [-0.1, -0.05) is 38.1 Å². The molecule has 1 aromatic rings. The number of nitrogens with one attached hydrogen (secondary N) is 1. The van der Waals surface area contributed by atoms with Crippen molar-refractivity contribution in [2.45, 2.75) is 38.4 Å². The summed E-state index contributed by atoms with van der Waals surface area (Å²) in [5.74, 6) is -7.46. The first kappa shape index (κ1) is 16.4. The minimum atomic E-state index is -5.89. The molecule has 0 aliphatic heterocycles. The van der Waals surface area contributed by atoms with Crippen molar-refractivity contribution in [1.29, 1.82) is 0 Å². The highest BCUT2D eigenvalue weighted by atomic mass is 19.4. The van der Waals surface area contributed by atoms with Crippen LogP contribution in [0.3, 0.4) is 0 Å². The van der Waals surface area contributed by atoms with Crippen LogP contribution in [0.4, 0.5) is 22.0 Å². The molecule has 20 heavy (non-hydrogen) atoms. The number of benzene rings is 1. The lowest BCUT2D eigenvalue weighted by molar-refractivity contribution is -0.269. The van der Waals surface area contributed by atoms with Crippen molar-refractivity contribution in [2.75, 3.05) is 0 Å². The van der Waals surface area contributed by atoms with Gasteiger partial charge < -0.3 is 5.32 Å². The smallest absolute Gasteiger partial charge is 0.346 e. The van der Waals surface area contributed by atoms with Crippen molar-refractivity contribution in [3.05, 3.63) is 35.4 Å². The summed E-state index contributed by atoms with van der Waals surface area (Å²) in [7, 11) is 0. The van der Waals surface area contributed by atoms with Crippen LogP contribution in [0.1, 0.15) is 30.9 Å². The second-order valence-electron chi connectivity index (χ2n) is 4.65. The highest BCUT2D eigenvalue weighted by Gasteiger charge is 2.63. The van der Waals surface area contributed by atoms with E-state index in [9.17, 15) is 26.7 Å². The van der Waals surface area contributed by atoms with E-state index in [2.05, 4.69) is 0 Å². The number of hydrogen-bond acceptors (Lipinski definition) is 1. The van der Waals surface area contributed by atoms with Crippen molar-refractivity contribution >= 4 is 5.91 Å². The fourth-order valence-electron chi connectivity index (χ4n) is 1.44. The Hall–Kier alpha value is -1.66. The van der Waals surface area contributed by atoms with Gasteiger partial charge in [0.1, 0.15) is 0 Å². The van der Waals surface area contributed by atoms with Crippen molar-refractivity contribution in [3.63, 3.8) is 0 Å². The molecule has 0 fully saturated rings. The summed E-state index contributed by atoms with van der Waals surface area (Å²) in [4.78, 5) is 10.9. The van der Waals surface area contributed by atoms with Crippen LogP contribution in [-0.2, 0) is 11.3 Å². The monoisotopic (exact) mass is 295 g/mol. The number of carbonyl (C=O) groups is 1. The first-order valence-electron chi connectivity index (χ1n) is 5.87. The molecule has 0 saturated carbocycles. The Kier molecular flexibility index (Phi) is 4.73. The minimum absolute atomic E-state index is 0.271. The van der Waals surface area contributed by atoms with E-state index in [1.165, 1.54) is 0 Å². The van der Waals surface area contributed by atoms with Gasteiger partial charge in [-0.2, -0.15) is 22.0 Å². The first-order chi connectivity index (χ1) is 9.05. The van der Waals surface area contributed by atoms with Gasteiger partial charge in [-0.05, 0) is 17.0 Å². The normalized spacial score (nSPS) is 12.6. The molecule has 1 amide bonds. The molecule has 2 nitrogen and oxygen atoms in total. The molecule has 0 atom stereocenters. The fourth-order valence-corrected chi connectivity index (χ4v) is 1.44. The van der Waals surface area contributed by atoms with Crippen molar-refractivity contribution in [2.24, 2.45) is 0 Å². The van der Waals surface area contributed by atoms with Gasteiger partial charge in [0.2, 0.25) is 0 Å². The summed E-state index contributed by atoms with van der Waals surface area (Å²) < 4.78 is 61.1. The predicted octanol–water partition coefficient (Wildman–Crippen LogP) is 3.62. The summed E-state index contributed by atoms with van der Waals surface area (Å²) in [6.07, 6.45) is -5.89. The van der Waals surface area contributed by atoms with Crippen LogP contribution in [0, 0.1) is 0 Å². The van der Waals surface area contributed by atoms with Gasteiger partial charge in [0.15, 0.2) is 0 Å². The third-order valence-electron chi connectivity index (χ3n) is 2.74. The van der Waals surface area contributed by atoms with E-state index in [1.807, 2.05) is 13.8 Å². The first-order valence-corrected chi connectivity index (χ1v) is 5.87. The Balaban J connectivity index is 2.66. The molecule has 7 heteroatoms. The maximum absolute atomic E-state index is 12.7. The molecule has 0 heterocycles. The number of amides is 1. The Bertz CT molecular complexity index is 465. The molecule has 1 N–H and O–H groups in total. The van der Waals surface area contributed by atoms with Gasteiger partial charge >= 0.3 is 18.0 Å². The molecule has 0 radical (unpaired) electrons. The van der Waals surface area contributed by atoms with Crippen molar-refractivity contribution < 1.29 is 26.7 Å². The lowest BCUT2D eigenvalue weighted by Gasteiger charge is -2.18. The molecule has 0 spiro atoms. The lowest BCUT2D eigenvalue weighted by Crippen LogP contribution is -2.50. The zero-order valence-corrected chi connectivity index (χ0v) is 10.9.